The van der Waals surface area contributed by atoms with E-state index in [1.807, 2.05) is 13.0 Å². The smallest absolute Gasteiger partial charge is 0.349 e. The van der Waals surface area contributed by atoms with Crippen molar-refractivity contribution in [3.8, 4) is 11.1 Å². The Bertz CT molecular complexity index is 1110. The second kappa shape index (κ2) is 8.34. The fourth-order valence-electron chi connectivity index (χ4n) is 2.63. The number of carbonyl (C=O) groups excluding carboxylic acids is 1. The number of ether oxygens (including phenoxy) is 1. The van der Waals surface area contributed by atoms with Gasteiger partial charge in [0.05, 0.1) is 12.3 Å². The van der Waals surface area contributed by atoms with Crippen molar-refractivity contribution in [2.24, 2.45) is 0 Å². The van der Waals surface area contributed by atoms with E-state index in [0.29, 0.717) is 21.8 Å². The molecule has 3 rings (SSSR count). The normalized spacial score (nSPS) is 11.2. The van der Waals surface area contributed by atoms with E-state index >= 15 is 0 Å². The Morgan fingerprint density at radius 2 is 1.89 bits per heavy atom. The van der Waals surface area contributed by atoms with E-state index in [-0.39, 0.29) is 16.4 Å². The average molecular weight is 436 g/mol. The minimum atomic E-state index is -4.07. The summed E-state index contributed by atoms with van der Waals surface area (Å²) >= 11 is 7.15. The highest BCUT2D eigenvalue weighted by Crippen LogP contribution is 2.37. The predicted molar refractivity (Wildman–Crippen MR) is 113 cm³/mol. The third-order valence-corrected chi connectivity index (χ3v) is 6.95. The monoisotopic (exact) mass is 435 g/mol. The SMILES string of the molecule is CCOC(=O)c1scc(-c2ccccc2)c1S(=O)(=O)Nc1ccc(C)c(Cl)c1. The standard InChI is InChI=1S/C20H18ClNO4S2/c1-3-26-20(23)18-19(16(12-27-18)14-7-5-4-6-8-14)28(24,25)22-15-10-9-13(2)17(21)11-15/h4-12,22H,3H2,1-2H3. The summed E-state index contributed by atoms with van der Waals surface area (Å²) < 4.78 is 34.0. The number of thiophene rings is 1. The molecule has 146 valence electrons. The number of benzene rings is 2. The number of rotatable bonds is 6. The molecule has 0 spiro atoms. The van der Waals surface area contributed by atoms with E-state index in [0.717, 1.165) is 16.9 Å². The lowest BCUT2D eigenvalue weighted by atomic mass is 10.1. The Labute approximate surface area is 173 Å². The number of halogens is 1. The van der Waals surface area contributed by atoms with Crippen LogP contribution in [0.5, 0.6) is 0 Å². The van der Waals surface area contributed by atoms with Crippen molar-refractivity contribution in [1.29, 1.82) is 0 Å². The lowest BCUT2D eigenvalue weighted by Gasteiger charge is -2.12. The van der Waals surface area contributed by atoms with Gasteiger partial charge in [-0.1, -0.05) is 48.0 Å². The van der Waals surface area contributed by atoms with Gasteiger partial charge < -0.3 is 4.74 Å². The van der Waals surface area contributed by atoms with Crippen molar-refractivity contribution in [2.75, 3.05) is 11.3 Å². The van der Waals surface area contributed by atoms with Crippen LogP contribution in [0.25, 0.3) is 11.1 Å². The number of hydrogen-bond donors (Lipinski definition) is 1. The Balaban J connectivity index is 2.12. The summed E-state index contributed by atoms with van der Waals surface area (Å²) in [6.45, 7) is 3.65. The van der Waals surface area contributed by atoms with Crippen LogP contribution in [-0.4, -0.2) is 21.0 Å². The van der Waals surface area contributed by atoms with Crippen molar-refractivity contribution in [3.63, 3.8) is 0 Å². The van der Waals surface area contributed by atoms with Crippen molar-refractivity contribution < 1.29 is 17.9 Å². The van der Waals surface area contributed by atoms with E-state index in [1.165, 1.54) is 6.07 Å². The van der Waals surface area contributed by atoms with E-state index in [9.17, 15) is 13.2 Å². The molecule has 0 saturated heterocycles. The topological polar surface area (TPSA) is 72.5 Å². The second-order valence-corrected chi connectivity index (χ2v) is 8.87. The van der Waals surface area contributed by atoms with Crippen LogP contribution in [0, 0.1) is 6.92 Å². The van der Waals surface area contributed by atoms with Gasteiger partial charge in [-0.3, -0.25) is 4.72 Å². The maximum absolute atomic E-state index is 13.2. The fourth-order valence-corrected chi connectivity index (χ4v) is 5.55. The van der Waals surface area contributed by atoms with Gasteiger partial charge >= 0.3 is 5.97 Å². The Morgan fingerprint density at radius 1 is 1.18 bits per heavy atom. The first kappa shape index (κ1) is 20.4. The number of esters is 1. The zero-order chi connectivity index (χ0) is 20.3. The number of anilines is 1. The van der Waals surface area contributed by atoms with Crippen molar-refractivity contribution in [3.05, 3.63) is 69.4 Å². The third kappa shape index (κ3) is 4.22. The quantitative estimate of drug-likeness (QED) is 0.529. The van der Waals surface area contributed by atoms with Gasteiger partial charge in [0.2, 0.25) is 0 Å². The summed E-state index contributed by atoms with van der Waals surface area (Å²) in [5, 5.41) is 2.09. The Morgan fingerprint density at radius 3 is 2.54 bits per heavy atom. The molecule has 0 saturated carbocycles. The maximum atomic E-state index is 13.2. The maximum Gasteiger partial charge on any atom is 0.349 e. The van der Waals surface area contributed by atoms with Crippen LogP contribution in [0.15, 0.2) is 58.8 Å². The van der Waals surface area contributed by atoms with E-state index in [2.05, 4.69) is 4.72 Å². The first-order chi connectivity index (χ1) is 13.3. The molecule has 0 radical (unpaired) electrons. The van der Waals surface area contributed by atoms with Crippen molar-refractivity contribution in [2.45, 2.75) is 18.7 Å². The molecule has 1 heterocycles. The highest BCUT2D eigenvalue weighted by molar-refractivity contribution is 7.93. The van der Waals surface area contributed by atoms with Crippen molar-refractivity contribution in [1.82, 2.24) is 0 Å². The van der Waals surface area contributed by atoms with Crippen LogP contribution in [0.1, 0.15) is 22.2 Å². The van der Waals surface area contributed by atoms with E-state index in [1.54, 1.807) is 48.7 Å². The van der Waals surface area contributed by atoms with Crippen LogP contribution < -0.4 is 4.72 Å². The highest BCUT2D eigenvalue weighted by Gasteiger charge is 2.30. The van der Waals surface area contributed by atoms with Crippen LogP contribution in [0.3, 0.4) is 0 Å². The molecule has 1 aromatic heterocycles. The van der Waals surface area contributed by atoms with Crippen LogP contribution in [0.2, 0.25) is 5.02 Å². The molecule has 0 bridgehead atoms. The van der Waals surface area contributed by atoms with Crippen molar-refractivity contribution >= 4 is 44.6 Å². The zero-order valence-corrected chi connectivity index (χ0v) is 17.6. The van der Waals surface area contributed by atoms with Gasteiger partial charge in [-0.2, -0.15) is 0 Å². The molecule has 0 unspecified atom stereocenters. The molecule has 0 aliphatic heterocycles. The summed E-state index contributed by atoms with van der Waals surface area (Å²) in [5.74, 6) is -0.669. The summed E-state index contributed by atoms with van der Waals surface area (Å²) in [6, 6.07) is 13.9. The number of nitrogens with one attached hydrogen (secondary N) is 1. The third-order valence-electron chi connectivity index (χ3n) is 3.98. The largest absolute Gasteiger partial charge is 0.462 e. The molecule has 3 aromatic rings. The lowest BCUT2D eigenvalue weighted by Crippen LogP contribution is -2.17. The number of sulfonamides is 1. The van der Waals surface area contributed by atoms with E-state index in [4.69, 9.17) is 16.3 Å². The van der Waals surface area contributed by atoms with Gasteiger partial charge in [0, 0.05) is 16.0 Å². The van der Waals surface area contributed by atoms with Gasteiger partial charge in [0.1, 0.15) is 9.77 Å². The molecule has 5 nitrogen and oxygen atoms in total. The van der Waals surface area contributed by atoms with Gasteiger partial charge in [-0.15, -0.1) is 11.3 Å². The average Bonchev–Trinajstić information content (AvgIpc) is 3.12. The Hall–Kier alpha value is -2.35. The molecular formula is C20H18ClNO4S2. The molecule has 8 heteroatoms. The van der Waals surface area contributed by atoms with Gasteiger partial charge in [-0.05, 0) is 37.1 Å². The fraction of sp³-hybridized carbons (Fsp3) is 0.150. The summed E-state index contributed by atoms with van der Waals surface area (Å²) in [4.78, 5) is 12.3. The minimum Gasteiger partial charge on any atom is -0.462 e. The number of carbonyl (C=O) groups is 1. The minimum absolute atomic E-state index is 0.0337. The van der Waals surface area contributed by atoms with E-state index < -0.39 is 16.0 Å². The van der Waals surface area contributed by atoms with Gasteiger partial charge in [0.25, 0.3) is 10.0 Å². The lowest BCUT2D eigenvalue weighted by molar-refractivity contribution is 0.0528. The predicted octanol–water partition coefficient (Wildman–Crippen LogP) is 5.35. The summed E-state index contributed by atoms with van der Waals surface area (Å²) in [5.41, 5.74) is 2.28. The molecule has 0 aliphatic carbocycles. The molecule has 28 heavy (non-hydrogen) atoms. The van der Waals surface area contributed by atoms with Crippen LogP contribution >= 0.6 is 22.9 Å². The summed E-state index contributed by atoms with van der Waals surface area (Å²) in [7, 11) is -4.07. The molecule has 1 N–H and O–H groups in total. The zero-order valence-electron chi connectivity index (χ0n) is 15.2. The number of hydrogen-bond acceptors (Lipinski definition) is 5. The molecular weight excluding hydrogens is 418 g/mol. The van der Waals surface area contributed by atoms with Crippen LogP contribution in [0.4, 0.5) is 5.69 Å². The Kier molecular flexibility index (Phi) is 6.07. The molecule has 0 atom stereocenters. The highest BCUT2D eigenvalue weighted by atomic mass is 35.5. The molecule has 0 aliphatic rings. The summed E-state index contributed by atoms with van der Waals surface area (Å²) in [6.07, 6.45) is 0. The molecule has 2 aromatic carbocycles. The second-order valence-electron chi connectivity index (χ2n) is 5.96. The first-order valence-corrected chi connectivity index (χ1v) is 11.2. The molecule has 0 fully saturated rings. The molecule has 0 amide bonds. The van der Waals surface area contributed by atoms with Gasteiger partial charge in [-0.25, -0.2) is 13.2 Å². The van der Waals surface area contributed by atoms with Gasteiger partial charge in [0.15, 0.2) is 0 Å². The number of aryl methyl sites for hydroxylation is 1. The van der Waals surface area contributed by atoms with Crippen LogP contribution in [-0.2, 0) is 14.8 Å². The first-order valence-electron chi connectivity index (χ1n) is 8.46.